The summed E-state index contributed by atoms with van der Waals surface area (Å²) in [7, 11) is 1.62. The quantitative estimate of drug-likeness (QED) is 0.828. The summed E-state index contributed by atoms with van der Waals surface area (Å²) >= 11 is 5.93. The lowest BCUT2D eigenvalue weighted by molar-refractivity contribution is -0.140. The van der Waals surface area contributed by atoms with Gasteiger partial charge >= 0.3 is 5.97 Å². The van der Waals surface area contributed by atoms with Gasteiger partial charge in [-0.25, -0.2) is 9.80 Å². The molecule has 4 rings (SSSR count). The van der Waals surface area contributed by atoms with E-state index in [1.54, 1.807) is 36.4 Å². The number of nitrogens with one attached hydrogen (secondary N) is 1. The first-order valence-electron chi connectivity index (χ1n) is 7.96. The average molecular weight is 371 g/mol. The van der Waals surface area contributed by atoms with Crippen molar-refractivity contribution < 1.29 is 14.4 Å². The minimum atomic E-state index is -0.496. The lowest BCUT2D eigenvalue weighted by Gasteiger charge is -2.16. The number of nitrogens with zero attached hydrogens (tertiary/aromatic N) is 3. The number of ether oxygens (including phenoxy) is 1. The van der Waals surface area contributed by atoms with E-state index in [1.807, 2.05) is 24.3 Å². The highest BCUT2D eigenvalue weighted by molar-refractivity contribution is 6.30. The van der Waals surface area contributed by atoms with Gasteiger partial charge in [-0.1, -0.05) is 29.3 Å². The number of hydrogen-bond donors (Lipinski definition) is 1. The Morgan fingerprint density at radius 3 is 2.62 bits per heavy atom. The van der Waals surface area contributed by atoms with Crippen LogP contribution in [0.2, 0.25) is 5.02 Å². The molecule has 0 aromatic heterocycles. The fourth-order valence-corrected chi connectivity index (χ4v) is 2.98. The number of azo groups is 1. The highest BCUT2D eigenvalue weighted by Crippen LogP contribution is 2.37. The lowest BCUT2D eigenvalue weighted by atomic mass is 10.0. The van der Waals surface area contributed by atoms with Gasteiger partial charge in [-0.15, -0.1) is 0 Å². The molecular weight excluding hydrogens is 356 g/mol. The zero-order valence-corrected chi connectivity index (χ0v) is 14.6. The molecule has 1 unspecified atom stereocenters. The van der Waals surface area contributed by atoms with Gasteiger partial charge in [0.15, 0.2) is 5.70 Å². The molecular formula is C18H15ClN4O3. The Labute approximate surface area is 154 Å². The van der Waals surface area contributed by atoms with E-state index >= 15 is 0 Å². The number of methoxy groups -OCH3 is 1. The maximum absolute atomic E-state index is 12.2. The predicted molar refractivity (Wildman–Crippen MR) is 95.4 cm³/mol. The van der Waals surface area contributed by atoms with Crippen LogP contribution in [0.15, 0.2) is 70.2 Å². The van der Waals surface area contributed by atoms with Gasteiger partial charge in [-0.05, 0) is 42.0 Å². The zero-order chi connectivity index (χ0) is 18.1. The maximum Gasteiger partial charge on any atom is 0.378 e. The van der Waals surface area contributed by atoms with Gasteiger partial charge in [-0.3, -0.25) is 0 Å². The first-order valence-corrected chi connectivity index (χ1v) is 8.34. The summed E-state index contributed by atoms with van der Waals surface area (Å²) in [5, 5.41) is 10.7. The molecule has 0 bridgehead atoms. The second kappa shape index (κ2) is 6.78. The molecule has 0 aliphatic carbocycles. The molecule has 7 nitrogen and oxygen atoms in total. The fourth-order valence-electron chi connectivity index (χ4n) is 2.85. The first-order chi connectivity index (χ1) is 12.7. The molecule has 0 amide bonds. The topological polar surface area (TPSA) is 75.5 Å². The molecule has 26 heavy (non-hydrogen) atoms. The third kappa shape index (κ3) is 3.02. The zero-order valence-electron chi connectivity index (χ0n) is 13.8. The molecule has 2 aromatic carbocycles. The summed E-state index contributed by atoms with van der Waals surface area (Å²) in [5.74, 6) is 0.282. The number of benzene rings is 2. The third-order valence-corrected chi connectivity index (χ3v) is 4.46. The van der Waals surface area contributed by atoms with Gasteiger partial charge in [0.1, 0.15) is 11.8 Å². The van der Waals surface area contributed by atoms with Crippen LogP contribution >= 0.6 is 11.6 Å². The van der Waals surface area contributed by atoms with Gasteiger partial charge in [0.05, 0.1) is 18.5 Å². The predicted octanol–water partition coefficient (Wildman–Crippen LogP) is 3.94. The van der Waals surface area contributed by atoms with Crippen molar-refractivity contribution in [1.29, 1.82) is 0 Å². The summed E-state index contributed by atoms with van der Waals surface area (Å²) < 4.78 is 5.17. The largest absolute Gasteiger partial charge is 0.497 e. The Morgan fingerprint density at radius 1 is 1.19 bits per heavy atom. The summed E-state index contributed by atoms with van der Waals surface area (Å²) in [5.41, 5.74) is 5.21. The number of hydrazine groups is 1. The molecule has 2 aliphatic heterocycles. The van der Waals surface area contributed by atoms with Crippen LogP contribution in [0.3, 0.4) is 0 Å². The van der Waals surface area contributed by atoms with Gasteiger partial charge in [0.25, 0.3) is 0 Å². The standard InChI is InChI=1S/C18H15ClN4O3/c1-25-14-8-2-11(3-9-14)15-10-16(21-20-15)17-18(24)26-22-23(17)13-6-4-12(19)5-7-13/h2-9,15,22H,10H2,1H3. The van der Waals surface area contributed by atoms with Crippen LogP contribution in [-0.2, 0) is 9.63 Å². The summed E-state index contributed by atoms with van der Waals surface area (Å²) in [6.45, 7) is 0. The second-order valence-electron chi connectivity index (χ2n) is 5.80. The van der Waals surface area contributed by atoms with Gasteiger partial charge in [0.2, 0.25) is 0 Å². The van der Waals surface area contributed by atoms with Crippen molar-refractivity contribution in [2.75, 3.05) is 12.1 Å². The SMILES string of the molecule is COc1ccc(C2CC(=C3C(=O)ONN3c3ccc(Cl)cc3)N=N2)cc1. The number of rotatable bonds is 3. The van der Waals surface area contributed by atoms with Crippen LogP contribution in [0.4, 0.5) is 5.69 Å². The lowest BCUT2D eigenvalue weighted by Crippen LogP contribution is -2.29. The van der Waals surface area contributed by atoms with Crippen molar-refractivity contribution >= 4 is 23.3 Å². The second-order valence-corrected chi connectivity index (χ2v) is 6.23. The molecule has 2 heterocycles. The molecule has 0 spiro atoms. The number of hydrogen-bond acceptors (Lipinski definition) is 7. The molecule has 8 heteroatoms. The van der Waals surface area contributed by atoms with Crippen molar-refractivity contribution in [2.24, 2.45) is 10.2 Å². The third-order valence-electron chi connectivity index (χ3n) is 4.21. The smallest absolute Gasteiger partial charge is 0.378 e. The Balaban J connectivity index is 1.61. The maximum atomic E-state index is 12.2. The fraction of sp³-hybridized carbons (Fsp3) is 0.167. The van der Waals surface area contributed by atoms with E-state index in [1.165, 1.54) is 0 Å². The van der Waals surface area contributed by atoms with E-state index in [0.29, 0.717) is 28.5 Å². The van der Waals surface area contributed by atoms with Gasteiger partial charge in [-0.2, -0.15) is 10.2 Å². The van der Waals surface area contributed by atoms with Crippen LogP contribution in [0, 0.1) is 0 Å². The highest BCUT2D eigenvalue weighted by Gasteiger charge is 2.35. The van der Waals surface area contributed by atoms with Crippen LogP contribution in [-0.4, -0.2) is 13.1 Å². The van der Waals surface area contributed by atoms with Crippen LogP contribution in [0.1, 0.15) is 18.0 Å². The Hall–Kier alpha value is -2.90. The van der Waals surface area contributed by atoms with Crippen LogP contribution in [0.5, 0.6) is 5.75 Å². The van der Waals surface area contributed by atoms with Crippen molar-refractivity contribution in [3.63, 3.8) is 0 Å². The molecule has 0 saturated carbocycles. The first kappa shape index (κ1) is 16.6. The Morgan fingerprint density at radius 2 is 1.92 bits per heavy atom. The van der Waals surface area contributed by atoms with Gasteiger partial charge < -0.3 is 9.57 Å². The molecule has 132 valence electrons. The van der Waals surface area contributed by atoms with Crippen molar-refractivity contribution in [2.45, 2.75) is 12.5 Å². The normalized spacial score (nSPS) is 22.0. The summed E-state index contributed by atoms with van der Waals surface area (Å²) in [4.78, 5) is 17.2. The van der Waals surface area contributed by atoms with E-state index in [4.69, 9.17) is 21.2 Å². The minimum absolute atomic E-state index is 0.149. The molecule has 1 atom stereocenters. The van der Waals surface area contributed by atoms with Crippen molar-refractivity contribution in [3.05, 3.63) is 70.5 Å². The number of carbonyl (C=O) groups is 1. The van der Waals surface area contributed by atoms with Gasteiger partial charge in [0, 0.05) is 11.4 Å². The van der Waals surface area contributed by atoms with Crippen LogP contribution < -0.4 is 15.3 Å². The molecule has 1 fully saturated rings. The molecule has 0 radical (unpaired) electrons. The number of anilines is 1. The monoisotopic (exact) mass is 370 g/mol. The van der Waals surface area contributed by atoms with E-state index in [-0.39, 0.29) is 6.04 Å². The minimum Gasteiger partial charge on any atom is -0.497 e. The molecule has 2 aromatic rings. The Kier molecular flexibility index (Phi) is 4.32. The summed E-state index contributed by atoms with van der Waals surface area (Å²) in [6, 6.07) is 14.5. The average Bonchev–Trinajstić information content (AvgIpc) is 3.29. The highest BCUT2D eigenvalue weighted by atomic mass is 35.5. The van der Waals surface area contributed by atoms with Crippen LogP contribution in [0.25, 0.3) is 0 Å². The van der Waals surface area contributed by atoms with E-state index in [2.05, 4.69) is 15.8 Å². The number of carbonyl (C=O) groups excluding carboxylic acids is 1. The van der Waals surface area contributed by atoms with Crippen molar-refractivity contribution in [3.8, 4) is 5.75 Å². The molecule has 1 N–H and O–H groups in total. The molecule has 1 saturated heterocycles. The van der Waals surface area contributed by atoms with Crippen molar-refractivity contribution in [1.82, 2.24) is 5.59 Å². The van der Waals surface area contributed by atoms with E-state index < -0.39 is 5.97 Å². The van der Waals surface area contributed by atoms with E-state index in [0.717, 1.165) is 11.3 Å². The summed E-state index contributed by atoms with van der Waals surface area (Å²) in [6.07, 6.45) is 0.503. The number of halogens is 1. The molecule has 2 aliphatic rings. The van der Waals surface area contributed by atoms with E-state index in [9.17, 15) is 4.79 Å². The Bertz CT molecular complexity index is 894.